The SMILES string of the molecule is CCCCCCCC[Si](CCCCCCCC)(CCCCCCCC)OC(C)C. The Morgan fingerprint density at radius 1 is 0.448 bits per heavy atom. The van der Waals surface area contributed by atoms with Gasteiger partial charge in [0.15, 0.2) is 8.32 Å². The van der Waals surface area contributed by atoms with Crippen molar-refractivity contribution in [2.45, 2.75) is 174 Å². The molecule has 29 heavy (non-hydrogen) atoms. The molecule has 0 spiro atoms. The molecule has 2 heteroatoms. The number of rotatable bonds is 23. The molecule has 176 valence electrons. The molecule has 0 aromatic carbocycles. The third-order valence-corrected chi connectivity index (χ3v) is 11.2. The molecule has 0 aromatic rings. The van der Waals surface area contributed by atoms with Crippen molar-refractivity contribution in [1.29, 1.82) is 0 Å². The second-order valence-electron chi connectivity index (χ2n) is 9.90. The van der Waals surface area contributed by atoms with Crippen LogP contribution in [0.1, 0.15) is 150 Å². The molecule has 0 radical (unpaired) electrons. The lowest BCUT2D eigenvalue weighted by Crippen LogP contribution is -2.40. The van der Waals surface area contributed by atoms with E-state index >= 15 is 0 Å². The zero-order valence-electron chi connectivity index (χ0n) is 21.3. The summed E-state index contributed by atoms with van der Waals surface area (Å²) in [6, 6.07) is 4.30. The number of hydrogen-bond acceptors (Lipinski definition) is 1. The Bertz CT molecular complexity index is 275. The van der Waals surface area contributed by atoms with Crippen LogP contribution in [-0.2, 0) is 4.43 Å². The minimum absolute atomic E-state index is 0.418. The number of unbranched alkanes of at least 4 members (excludes halogenated alkanes) is 15. The summed E-state index contributed by atoms with van der Waals surface area (Å²) in [4.78, 5) is 0. The molecule has 0 aliphatic rings. The van der Waals surface area contributed by atoms with Crippen LogP contribution in [0.25, 0.3) is 0 Å². The van der Waals surface area contributed by atoms with E-state index in [1.807, 2.05) is 0 Å². The summed E-state index contributed by atoms with van der Waals surface area (Å²) in [6.07, 6.45) is 25.9. The van der Waals surface area contributed by atoms with E-state index in [1.165, 1.54) is 134 Å². The molecule has 0 saturated heterocycles. The molecule has 0 atom stereocenters. The Balaban J connectivity index is 4.57. The monoisotopic (exact) mass is 426 g/mol. The lowest BCUT2D eigenvalue weighted by Gasteiger charge is -2.34. The highest BCUT2D eigenvalue weighted by atomic mass is 28.4. The van der Waals surface area contributed by atoms with Gasteiger partial charge in [0.25, 0.3) is 0 Å². The summed E-state index contributed by atoms with van der Waals surface area (Å²) in [5, 5.41) is 0. The van der Waals surface area contributed by atoms with Gasteiger partial charge >= 0.3 is 0 Å². The van der Waals surface area contributed by atoms with Crippen molar-refractivity contribution in [2.24, 2.45) is 0 Å². The fourth-order valence-electron chi connectivity index (χ4n) is 4.73. The zero-order chi connectivity index (χ0) is 21.6. The molecule has 0 amide bonds. The maximum absolute atomic E-state index is 6.86. The average Bonchev–Trinajstić information content (AvgIpc) is 2.69. The molecule has 0 aliphatic carbocycles. The summed E-state index contributed by atoms with van der Waals surface area (Å²) in [6.45, 7) is 11.5. The van der Waals surface area contributed by atoms with Gasteiger partial charge in [-0.25, -0.2) is 0 Å². The minimum Gasteiger partial charge on any atom is -0.414 e. The van der Waals surface area contributed by atoms with Gasteiger partial charge in [-0.15, -0.1) is 0 Å². The second kappa shape index (κ2) is 21.4. The first-order valence-electron chi connectivity index (χ1n) is 13.8. The van der Waals surface area contributed by atoms with Crippen molar-refractivity contribution in [2.75, 3.05) is 0 Å². The molecule has 0 unspecified atom stereocenters. The van der Waals surface area contributed by atoms with Crippen LogP contribution in [0, 0.1) is 0 Å². The van der Waals surface area contributed by atoms with Crippen LogP contribution in [0.3, 0.4) is 0 Å². The lowest BCUT2D eigenvalue weighted by molar-refractivity contribution is 0.221. The maximum Gasteiger partial charge on any atom is 0.193 e. The van der Waals surface area contributed by atoms with Crippen LogP contribution < -0.4 is 0 Å². The normalized spacial score (nSPS) is 12.2. The van der Waals surface area contributed by atoms with E-state index in [9.17, 15) is 0 Å². The zero-order valence-corrected chi connectivity index (χ0v) is 22.3. The van der Waals surface area contributed by atoms with E-state index in [1.54, 1.807) is 0 Å². The largest absolute Gasteiger partial charge is 0.414 e. The highest BCUT2D eigenvalue weighted by Crippen LogP contribution is 2.32. The van der Waals surface area contributed by atoms with E-state index in [0.717, 1.165) is 0 Å². The molecule has 0 aromatic heterocycles. The van der Waals surface area contributed by atoms with Crippen molar-refractivity contribution in [3.8, 4) is 0 Å². The Labute approximate surface area is 187 Å². The van der Waals surface area contributed by atoms with Crippen LogP contribution in [0.5, 0.6) is 0 Å². The van der Waals surface area contributed by atoms with Gasteiger partial charge in [-0.3, -0.25) is 0 Å². The predicted octanol–water partition coefficient (Wildman–Crippen LogP) is 10.4. The molecule has 0 bridgehead atoms. The van der Waals surface area contributed by atoms with Crippen LogP contribution in [0.2, 0.25) is 18.1 Å². The van der Waals surface area contributed by atoms with Crippen LogP contribution in [0.4, 0.5) is 0 Å². The molecule has 0 aliphatic heterocycles. The average molecular weight is 427 g/mol. The van der Waals surface area contributed by atoms with Gasteiger partial charge in [0, 0.05) is 6.10 Å². The van der Waals surface area contributed by atoms with E-state index in [0.29, 0.717) is 6.10 Å². The summed E-state index contributed by atoms with van der Waals surface area (Å²) in [5.41, 5.74) is 0. The van der Waals surface area contributed by atoms with Gasteiger partial charge in [-0.05, 0) is 32.0 Å². The van der Waals surface area contributed by atoms with Crippen LogP contribution in [0.15, 0.2) is 0 Å². The predicted molar refractivity (Wildman–Crippen MR) is 137 cm³/mol. The first-order valence-corrected chi connectivity index (χ1v) is 16.3. The molecular weight excluding hydrogens is 368 g/mol. The highest BCUT2D eigenvalue weighted by molar-refractivity contribution is 6.73. The third kappa shape index (κ3) is 18.6. The maximum atomic E-state index is 6.86. The lowest BCUT2D eigenvalue weighted by atomic mass is 10.1. The van der Waals surface area contributed by atoms with Crippen LogP contribution >= 0.6 is 0 Å². The molecule has 0 fully saturated rings. The van der Waals surface area contributed by atoms with Crippen molar-refractivity contribution < 1.29 is 4.43 Å². The van der Waals surface area contributed by atoms with Gasteiger partial charge in [-0.2, -0.15) is 0 Å². The van der Waals surface area contributed by atoms with E-state index < -0.39 is 8.32 Å². The van der Waals surface area contributed by atoms with E-state index in [2.05, 4.69) is 34.6 Å². The van der Waals surface area contributed by atoms with Gasteiger partial charge in [0.05, 0.1) is 0 Å². The molecule has 0 N–H and O–H groups in total. The molecule has 0 saturated carbocycles. The highest BCUT2D eigenvalue weighted by Gasteiger charge is 2.34. The van der Waals surface area contributed by atoms with Gasteiger partial charge < -0.3 is 4.43 Å². The van der Waals surface area contributed by atoms with E-state index in [4.69, 9.17) is 4.43 Å². The van der Waals surface area contributed by atoms with Crippen LogP contribution in [-0.4, -0.2) is 14.4 Å². The quantitative estimate of drug-likeness (QED) is 0.117. The van der Waals surface area contributed by atoms with Gasteiger partial charge in [-0.1, -0.05) is 136 Å². The standard InChI is InChI=1S/C27H58OSi/c1-6-9-12-15-18-21-24-29(28-27(4)5,25-22-19-16-13-10-7-2)26-23-20-17-14-11-8-3/h27H,6-26H2,1-5H3. The first kappa shape index (κ1) is 29.2. The van der Waals surface area contributed by atoms with Gasteiger partial charge in [0.1, 0.15) is 0 Å². The number of hydrogen-bond donors (Lipinski definition) is 0. The Kier molecular flexibility index (Phi) is 21.5. The Morgan fingerprint density at radius 3 is 1.00 bits per heavy atom. The smallest absolute Gasteiger partial charge is 0.193 e. The molecular formula is C27H58OSi. The minimum atomic E-state index is -1.56. The fraction of sp³-hybridized carbons (Fsp3) is 1.00. The molecule has 1 nitrogen and oxygen atoms in total. The van der Waals surface area contributed by atoms with Crippen molar-refractivity contribution in [3.05, 3.63) is 0 Å². The summed E-state index contributed by atoms with van der Waals surface area (Å²) < 4.78 is 6.86. The summed E-state index contributed by atoms with van der Waals surface area (Å²) >= 11 is 0. The second-order valence-corrected chi connectivity index (χ2v) is 14.0. The summed E-state index contributed by atoms with van der Waals surface area (Å²) in [5.74, 6) is 0. The van der Waals surface area contributed by atoms with Crippen molar-refractivity contribution >= 4 is 8.32 Å². The molecule has 0 rings (SSSR count). The van der Waals surface area contributed by atoms with Crippen molar-refractivity contribution in [3.63, 3.8) is 0 Å². The van der Waals surface area contributed by atoms with E-state index in [-0.39, 0.29) is 0 Å². The van der Waals surface area contributed by atoms with Gasteiger partial charge in [0.2, 0.25) is 0 Å². The van der Waals surface area contributed by atoms with Crippen molar-refractivity contribution in [1.82, 2.24) is 0 Å². The Morgan fingerprint density at radius 2 is 0.724 bits per heavy atom. The third-order valence-electron chi connectivity index (χ3n) is 6.44. The Hall–Kier alpha value is 0.177. The first-order chi connectivity index (χ1) is 14.1. The topological polar surface area (TPSA) is 9.23 Å². The molecule has 0 heterocycles. The summed E-state index contributed by atoms with van der Waals surface area (Å²) in [7, 11) is -1.56. The fourth-order valence-corrected chi connectivity index (χ4v) is 9.52.